The Morgan fingerprint density at radius 2 is 1.90 bits per heavy atom. The number of carboxylic acids is 1. The number of benzene rings is 1. The van der Waals surface area contributed by atoms with Crippen LogP contribution in [-0.2, 0) is 16.4 Å². The van der Waals surface area contributed by atoms with E-state index in [0.29, 0.717) is 18.4 Å². The largest absolute Gasteiger partial charge is 0.478 e. The zero-order valence-corrected chi connectivity index (χ0v) is 13.1. The molecule has 0 atom stereocenters. The Hall–Kier alpha value is -1.44. The van der Waals surface area contributed by atoms with Crippen LogP contribution in [0.15, 0.2) is 23.1 Å². The maximum Gasteiger partial charge on any atom is 0.335 e. The molecule has 0 aromatic heterocycles. The number of carboxylic acid groups (broad SMARTS) is 1. The summed E-state index contributed by atoms with van der Waals surface area (Å²) in [6.07, 6.45) is 1.09. The van der Waals surface area contributed by atoms with Crippen molar-refractivity contribution in [3.8, 4) is 0 Å². The summed E-state index contributed by atoms with van der Waals surface area (Å²) in [6, 6.07) is 4.12. The molecule has 1 aromatic carbocycles. The van der Waals surface area contributed by atoms with Crippen molar-refractivity contribution >= 4 is 16.0 Å². The molecule has 7 heteroatoms. The van der Waals surface area contributed by atoms with Crippen LogP contribution in [0.2, 0.25) is 0 Å². The lowest BCUT2D eigenvalue weighted by Crippen LogP contribution is -2.35. The number of aryl methyl sites for hydroxylation is 1. The fourth-order valence-corrected chi connectivity index (χ4v) is 3.91. The van der Waals surface area contributed by atoms with Gasteiger partial charge in [-0.15, -0.1) is 0 Å². The minimum Gasteiger partial charge on any atom is -0.478 e. The fraction of sp³-hybridized carbons (Fsp3) is 0.500. The third-order valence-corrected chi connectivity index (χ3v) is 5.12. The van der Waals surface area contributed by atoms with Crippen molar-refractivity contribution in [1.82, 2.24) is 4.31 Å². The molecule has 0 aliphatic carbocycles. The van der Waals surface area contributed by atoms with E-state index >= 15 is 0 Å². The van der Waals surface area contributed by atoms with Crippen molar-refractivity contribution in [2.24, 2.45) is 0 Å². The van der Waals surface area contributed by atoms with Gasteiger partial charge in [0.05, 0.1) is 17.1 Å². The lowest BCUT2D eigenvalue weighted by Gasteiger charge is -2.22. The van der Waals surface area contributed by atoms with Gasteiger partial charge in [0.25, 0.3) is 0 Å². The maximum absolute atomic E-state index is 12.7. The SMILES string of the molecule is CCCN(CCO)S(=O)(=O)c1cc(C(=O)O)ccc1CC. The predicted molar refractivity (Wildman–Crippen MR) is 78.9 cm³/mol. The summed E-state index contributed by atoms with van der Waals surface area (Å²) in [7, 11) is -3.81. The monoisotopic (exact) mass is 315 g/mol. The summed E-state index contributed by atoms with van der Waals surface area (Å²) >= 11 is 0. The van der Waals surface area contributed by atoms with Crippen LogP contribution in [-0.4, -0.2) is 48.6 Å². The van der Waals surface area contributed by atoms with Crippen molar-refractivity contribution in [2.45, 2.75) is 31.6 Å². The molecule has 0 amide bonds. The lowest BCUT2D eigenvalue weighted by atomic mass is 10.1. The van der Waals surface area contributed by atoms with E-state index in [2.05, 4.69) is 0 Å². The number of aliphatic hydroxyl groups excluding tert-OH is 1. The average molecular weight is 315 g/mol. The molecule has 0 fully saturated rings. The first-order chi connectivity index (χ1) is 9.88. The quantitative estimate of drug-likeness (QED) is 0.755. The molecule has 0 unspecified atom stereocenters. The van der Waals surface area contributed by atoms with E-state index in [9.17, 15) is 13.2 Å². The van der Waals surface area contributed by atoms with Gasteiger partial charge in [-0.05, 0) is 30.5 Å². The van der Waals surface area contributed by atoms with Crippen molar-refractivity contribution < 1.29 is 23.4 Å². The highest BCUT2D eigenvalue weighted by molar-refractivity contribution is 7.89. The maximum atomic E-state index is 12.7. The molecule has 0 saturated carbocycles. The summed E-state index contributed by atoms with van der Waals surface area (Å²) in [6.45, 7) is 3.65. The first-order valence-electron chi connectivity index (χ1n) is 6.85. The minimum atomic E-state index is -3.81. The van der Waals surface area contributed by atoms with E-state index in [1.165, 1.54) is 22.5 Å². The molecule has 2 N–H and O–H groups in total. The summed E-state index contributed by atoms with van der Waals surface area (Å²) in [5.74, 6) is -1.17. The molecule has 0 bridgehead atoms. The van der Waals surface area contributed by atoms with Crippen LogP contribution in [0.25, 0.3) is 0 Å². The van der Waals surface area contributed by atoms with E-state index in [1.807, 2.05) is 13.8 Å². The van der Waals surface area contributed by atoms with Gasteiger partial charge in [0.2, 0.25) is 10.0 Å². The average Bonchev–Trinajstić information content (AvgIpc) is 2.46. The topological polar surface area (TPSA) is 94.9 Å². The van der Waals surface area contributed by atoms with E-state index in [0.717, 1.165) is 0 Å². The Bertz CT molecular complexity index is 591. The van der Waals surface area contributed by atoms with Gasteiger partial charge >= 0.3 is 5.97 Å². The van der Waals surface area contributed by atoms with Crippen LogP contribution in [0.5, 0.6) is 0 Å². The molecular weight excluding hydrogens is 294 g/mol. The number of hydrogen-bond acceptors (Lipinski definition) is 4. The van der Waals surface area contributed by atoms with Gasteiger partial charge in [-0.1, -0.05) is 19.9 Å². The smallest absolute Gasteiger partial charge is 0.335 e. The highest BCUT2D eigenvalue weighted by atomic mass is 32.2. The van der Waals surface area contributed by atoms with Gasteiger partial charge in [-0.25, -0.2) is 13.2 Å². The van der Waals surface area contributed by atoms with Gasteiger partial charge in [0.1, 0.15) is 0 Å². The molecule has 1 rings (SSSR count). The zero-order valence-electron chi connectivity index (χ0n) is 12.2. The van der Waals surface area contributed by atoms with E-state index in [4.69, 9.17) is 10.2 Å². The van der Waals surface area contributed by atoms with E-state index in [1.54, 1.807) is 0 Å². The molecule has 0 saturated heterocycles. The number of rotatable bonds is 8. The van der Waals surface area contributed by atoms with E-state index < -0.39 is 16.0 Å². The second-order valence-electron chi connectivity index (χ2n) is 4.61. The van der Waals surface area contributed by atoms with Crippen LogP contribution in [0, 0.1) is 0 Å². The molecule has 0 radical (unpaired) electrons. The number of aromatic carboxylic acids is 1. The van der Waals surface area contributed by atoms with Gasteiger partial charge in [0.15, 0.2) is 0 Å². The fourth-order valence-electron chi connectivity index (χ4n) is 2.07. The Balaban J connectivity index is 3.39. The molecular formula is C14H21NO5S. The molecule has 0 aliphatic heterocycles. The van der Waals surface area contributed by atoms with Crippen LogP contribution >= 0.6 is 0 Å². The Kier molecular flexibility index (Phi) is 6.32. The lowest BCUT2D eigenvalue weighted by molar-refractivity contribution is 0.0696. The molecule has 0 heterocycles. The van der Waals surface area contributed by atoms with Crippen LogP contribution in [0.1, 0.15) is 36.2 Å². The van der Waals surface area contributed by atoms with Gasteiger partial charge < -0.3 is 10.2 Å². The molecule has 0 aliphatic rings. The number of hydrogen-bond donors (Lipinski definition) is 2. The number of nitrogens with zero attached hydrogens (tertiary/aromatic N) is 1. The van der Waals surface area contributed by atoms with Gasteiger partial charge in [-0.3, -0.25) is 0 Å². The standard InChI is InChI=1S/C14H21NO5S/c1-3-7-15(8-9-16)21(19,20)13-10-12(14(17)18)6-5-11(13)4-2/h5-6,10,16H,3-4,7-9H2,1-2H3,(H,17,18). The van der Waals surface area contributed by atoms with Crippen LogP contribution in [0.4, 0.5) is 0 Å². The number of carbonyl (C=O) groups is 1. The third kappa shape index (κ3) is 4.03. The summed E-state index contributed by atoms with van der Waals surface area (Å²) < 4.78 is 26.6. The first-order valence-corrected chi connectivity index (χ1v) is 8.29. The first kappa shape index (κ1) is 17.6. The summed E-state index contributed by atoms with van der Waals surface area (Å²) in [4.78, 5) is 11.1. The van der Waals surface area contributed by atoms with Crippen molar-refractivity contribution in [2.75, 3.05) is 19.7 Å². The Labute approximate surface area is 125 Å². The van der Waals surface area contributed by atoms with Gasteiger partial charge in [0, 0.05) is 13.1 Å². The second-order valence-corrected chi connectivity index (χ2v) is 6.52. The van der Waals surface area contributed by atoms with Crippen molar-refractivity contribution in [3.05, 3.63) is 29.3 Å². The number of aliphatic hydroxyl groups is 1. The number of sulfonamides is 1. The van der Waals surface area contributed by atoms with E-state index in [-0.39, 0.29) is 30.2 Å². The highest BCUT2D eigenvalue weighted by Crippen LogP contribution is 2.23. The molecule has 0 spiro atoms. The highest BCUT2D eigenvalue weighted by Gasteiger charge is 2.26. The molecule has 21 heavy (non-hydrogen) atoms. The summed E-state index contributed by atoms with van der Waals surface area (Å²) in [5, 5.41) is 18.1. The molecule has 6 nitrogen and oxygen atoms in total. The zero-order chi connectivity index (χ0) is 16.0. The Morgan fingerprint density at radius 1 is 1.24 bits per heavy atom. The van der Waals surface area contributed by atoms with Crippen LogP contribution in [0.3, 0.4) is 0 Å². The predicted octanol–water partition coefficient (Wildman–Crippen LogP) is 1.34. The normalized spacial score (nSPS) is 11.8. The second kappa shape index (κ2) is 7.53. The molecule has 118 valence electrons. The van der Waals surface area contributed by atoms with Crippen molar-refractivity contribution in [3.63, 3.8) is 0 Å². The molecule has 1 aromatic rings. The summed E-state index contributed by atoms with van der Waals surface area (Å²) in [5.41, 5.74) is 0.505. The van der Waals surface area contributed by atoms with Crippen molar-refractivity contribution in [1.29, 1.82) is 0 Å². The minimum absolute atomic E-state index is 0.00335. The third-order valence-electron chi connectivity index (χ3n) is 3.14. The van der Waals surface area contributed by atoms with Gasteiger partial charge in [-0.2, -0.15) is 4.31 Å². The Morgan fingerprint density at radius 3 is 2.38 bits per heavy atom. The van der Waals surface area contributed by atoms with Crippen LogP contribution < -0.4 is 0 Å².